The highest BCUT2D eigenvalue weighted by atomic mass is 16.5. The number of benzene rings is 2. The number of methoxy groups -OCH3 is 1. The van der Waals surface area contributed by atoms with Crippen LogP contribution in [0.25, 0.3) is 5.70 Å². The van der Waals surface area contributed by atoms with E-state index >= 15 is 0 Å². The lowest BCUT2D eigenvalue weighted by molar-refractivity contribution is -0.116. The van der Waals surface area contributed by atoms with Crippen LogP contribution in [-0.2, 0) is 11.2 Å². The van der Waals surface area contributed by atoms with Crippen LogP contribution in [0.15, 0.2) is 48.5 Å². The quantitative estimate of drug-likeness (QED) is 0.503. The Morgan fingerprint density at radius 1 is 1.20 bits per heavy atom. The van der Waals surface area contributed by atoms with Crippen molar-refractivity contribution in [1.29, 1.82) is 0 Å². The second-order valence-electron chi connectivity index (χ2n) is 8.36. The molecule has 1 heterocycles. The minimum atomic E-state index is -0.164. The zero-order valence-corrected chi connectivity index (χ0v) is 18.2. The molecule has 1 aliphatic heterocycles. The number of ether oxygens (including phenoxy) is 1. The maximum atomic E-state index is 13.0. The van der Waals surface area contributed by atoms with Crippen molar-refractivity contribution in [2.45, 2.75) is 52.0 Å². The number of ketones is 1. The molecule has 2 N–H and O–H groups in total. The van der Waals surface area contributed by atoms with E-state index in [4.69, 9.17) is 4.74 Å². The Bertz CT molecular complexity index is 976. The van der Waals surface area contributed by atoms with E-state index in [1.807, 2.05) is 19.1 Å². The zero-order valence-electron chi connectivity index (χ0n) is 18.2. The van der Waals surface area contributed by atoms with E-state index in [1.165, 1.54) is 5.56 Å². The number of nitrogens with one attached hydrogen (secondary N) is 2. The first kappa shape index (κ1) is 21.6. The van der Waals surface area contributed by atoms with Crippen molar-refractivity contribution in [2.24, 2.45) is 0 Å². The Labute approximate surface area is 178 Å². The number of carbonyl (C=O) groups is 2. The second kappa shape index (κ2) is 9.16. The van der Waals surface area contributed by atoms with Gasteiger partial charge in [0.05, 0.1) is 7.11 Å². The summed E-state index contributed by atoms with van der Waals surface area (Å²) in [7, 11) is 1.64. The van der Waals surface area contributed by atoms with E-state index in [0.29, 0.717) is 17.7 Å². The largest absolute Gasteiger partial charge is 0.497 e. The molecule has 2 aromatic rings. The van der Waals surface area contributed by atoms with Crippen LogP contribution in [0.4, 0.5) is 5.69 Å². The van der Waals surface area contributed by atoms with Gasteiger partial charge in [-0.25, -0.2) is 0 Å². The molecule has 0 saturated heterocycles. The van der Waals surface area contributed by atoms with Crippen molar-refractivity contribution < 1.29 is 14.3 Å². The first-order valence-corrected chi connectivity index (χ1v) is 10.4. The predicted octanol–water partition coefficient (Wildman–Crippen LogP) is 4.97. The van der Waals surface area contributed by atoms with Crippen molar-refractivity contribution >= 4 is 23.1 Å². The number of anilines is 1. The molecule has 0 unspecified atom stereocenters. The van der Waals surface area contributed by atoms with Gasteiger partial charge >= 0.3 is 0 Å². The summed E-state index contributed by atoms with van der Waals surface area (Å²) < 4.78 is 5.37. The normalized spacial score (nSPS) is 15.8. The second-order valence-corrected chi connectivity index (χ2v) is 8.36. The van der Waals surface area contributed by atoms with Gasteiger partial charge in [0, 0.05) is 40.5 Å². The van der Waals surface area contributed by atoms with E-state index in [2.05, 4.69) is 30.5 Å². The van der Waals surface area contributed by atoms with E-state index in [1.54, 1.807) is 37.5 Å². The summed E-state index contributed by atoms with van der Waals surface area (Å²) in [5.41, 5.74) is 3.94. The summed E-state index contributed by atoms with van der Waals surface area (Å²) in [6.45, 7) is 6.28. The van der Waals surface area contributed by atoms with Crippen LogP contribution in [-0.4, -0.2) is 24.3 Å². The van der Waals surface area contributed by atoms with E-state index in [0.717, 1.165) is 36.3 Å². The highest BCUT2D eigenvalue weighted by Crippen LogP contribution is 2.32. The molecule has 0 atom stereocenters. The van der Waals surface area contributed by atoms with Gasteiger partial charge in [0.25, 0.3) is 0 Å². The monoisotopic (exact) mass is 406 g/mol. The lowest BCUT2D eigenvalue weighted by atomic mass is 9.85. The number of rotatable bonds is 7. The lowest BCUT2D eigenvalue weighted by Crippen LogP contribution is -2.43. The van der Waals surface area contributed by atoms with Crippen molar-refractivity contribution in [3.8, 4) is 5.75 Å². The SMILES string of the molecule is CCCCC(=O)Nc1cccc(C(=O)C=C2NC(C)(C)Cc3ccc(OC)cc32)c1. The van der Waals surface area contributed by atoms with E-state index < -0.39 is 0 Å². The Balaban J connectivity index is 1.87. The van der Waals surface area contributed by atoms with E-state index in [9.17, 15) is 9.59 Å². The summed E-state index contributed by atoms with van der Waals surface area (Å²) in [5.74, 6) is 0.607. The first-order valence-electron chi connectivity index (χ1n) is 10.4. The minimum Gasteiger partial charge on any atom is -0.497 e. The molecule has 0 aromatic heterocycles. The topological polar surface area (TPSA) is 67.4 Å². The highest BCUT2D eigenvalue weighted by Gasteiger charge is 2.28. The van der Waals surface area contributed by atoms with Crippen molar-refractivity contribution in [3.63, 3.8) is 0 Å². The maximum absolute atomic E-state index is 13.0. The van der Waals surface area contributed by atoms with Crippen LogP contribution in [0.5, 0.6) is 5.75 Å². The van der Waals surface area contributed by atoms with Gasteiger partial charge in [-0.15, -0.1) is 0 Å². The fraction of sp³-hybridized carbons (Fsp3) is 0.360. The van der Waals surface area contributed by atoms with Gasteiger partial charge in [-0.2, -0.15) is 0 Å². The summed E-state index contributed by atoms with van der Waals surface area (Å²) in [6, 6.07) is 13.0. The number of fused-ring (bicyclic) bond motifs is 1. The molecule has 0 aliphatic carbocycles. The van der Waals surface area contributed by atoms with Gasteiger partial charge in [0.2, 0.25) is 5.91 Å². The summed E-state index contributed by atoms with van der Waals surface area (Å²) in [4.78, 5) is 25.0. The maximum Gasteiger partial charge on any atom is 0.224 e. The molecule has 30 heavy (non-hydrogen) atoms. The van der Waals surface area contributed by atoms with Gasteiger partial charge in [-0.1, -0.05) is 31.5 Å². The van der Waals surface area contributed by atoms with Gasteiger partial charge in [0.15, 0.2) is 5.78 Å². The number of amides is 1. The molecule has 0 bridgehead atoms. The molecule has 2 aromatic carbocycles. The Morgan fingerprint density at radius 2 is 2.00 bits per heavy atom. The smallest absolute Gasteiger partial charge is 0.224 e. The summed E-state index contributed by atoms with van der Waals surface area (Å²) in [6.07, 6.45) is 4.79. The highest BCUT2D eigenvalue weighted by molar-refractivity contribution is 6.09. The Hall–Kier alpha value is -3.08. The van der Waals surface area contributed by atoms with Gasteiger partial charge in [-0.3, -0.25) is 9.59 Å². The summed E-state index contributed by atoms with van der Waals surface area (Å²) in [5, 5.41) is 6.36. The average molecular weight is 407 g/mol. The molecule has 0 spiro atoms. The third-order valence-corrected chi connectivity index (χ3v) is 5.18. The van der Waals surface area contributed by atoms with Crippen molar-refractivity contribution in [2.75, 3.05) is 12.4 Å². The average Bonchev–Trinajstić information content (AvgIpc) is 2.71. The third kappa shape index (κ3) is 5.29. The lowest BCUT2D eigenvalue weighted by Gasteiger charge is -2.35. The molecular formula is C25H30N2O3. The van der Waals surface area contributed by atoms with Crippen LogP contribution < -0.4 is 15.4 Å². The van der Waals surface area contributed by atoms with Gasteiger partial charge in [-0.05, 0) is 56.5 Å². The number of unbranched alkanes of at least 4 members (excludes halogenated alkanes) is 1. The molecule has 0 saturated carbocycles. The number of allylic oxidation sites excluding steroid dienone is 1. The van der Waals surface area contributed by atoms with E-state index in [-0.39, 0.29) is 17.2 Å². The molecule has 3 rings (SSSR count). The number of carbonyl (C=O) groups excluding carboxylic acids is 2. The van der Waals surface area contributed by atoms with Gasteiger partial charge < -0.3 is 15.4 Å². The number of hydrogen-bond acceptors (Lipinski definition) is 4. The van der Waals surface area contributed by atoms with Crippen LogP contribution in [0.2, 0.25) is 0 Å². The Morgan fingerprint density at radius 3 is 2.73 bits per heavy atom. The molecule has 1 aliphatic rings. The summed E-state index contributed by atoms with van der Waals surface area (Å²) >= 11 is 0. The van der Waals surface area contributed by atoms with Gasteiger partial charge in [0.1, 0.15) is 5.75 Å². The molecule has 0 radical (unpaired) electrons. The molecule has 5 nitrogen and oxygen atoms in total. The standard InChI is InChI=1S/C25H30N2O3/c1-5-6-10-24(29)26-19-9-7-8-17(13-19)23(28)15-22-21-14-20(30-4)12-11-18(21)16-25(2,3)27-22/h7-9,11-15,27H,5-6,10,16H2,1-4H3,(H,26,29). The first-order chi connectivity index (χ1) is 14.3. The van der Waals surface area contributed by atoms with Crippen LogP contribution in [0.3, 0.4) is 0 Å². The molecule has 158 valence electrons. The van der Waals surface area contributed by atoms with Crippen LogP contribution in [0.1, 0.15) is 61.5 Å². The van der Waals surface area contributed by atoms with Crippen molar-refractivity contribution in [3.05, 3.63) is 65.2 Å². The van der Waals surface area contributed by atoms with Crippen LogP contribution >= 0.6 is 0 Å². The minimum absolute atomic E-state index is 0.0310. The Kier molecular flexibility index (Phi) is 6.60. The molecule has 5 heteroatoms. The zero-order chi connectivity index (χ0) is 21.7. The fourth-order valence-corrected chi connectivity index (χ4v) is 3.68. The molecular weight excluding hydrogens is 376 g/mol. The van der Waals surface area contributed by atoms with Crippen LogP contribution in [0, 0.1) is 0 Å². The predicted molar refractivity (Wildman–Crippen MR) is 121 cm³/mol. The number of hydrogen-bond donors (Lipinski definition) is 2. The van der Waals surface area contributed by atoms with Crippen molar-refractivity contribution in [1.82, 2.24) is 5.32 Å². The fourth-order valence-electron chi connectivity index (χ4n) is 3.68. The molecule has 1 amide bonds. The molecule has 0 fully saturated rings. The third-order valence-electron chi connectivity index (χ3n) is 5.18.